The number of aryl methyl sites for hydroxylation is 1. The number of imidazole rings is 1. The van der Waals surface area contributed by atoms with E-state index < -0.39 is 9.84 Å². The Morgan fingerprint density at radius 3 is 2.43 bits per heavy atom. The molecular formula is C15H13BrN2O2S. The first-order valence-electron chi connectivity index (χ1n) is 6.30. The van der Waals surface area contributed by atoms with Gasteiger partial charge in [-0.2, -0.15) is 0 Å². The van der Waals surface area contributed by atoms with Crippen LogP contribution in [0, 0.1) is 6.92 Å². The number of rotatable bonds is 2. The predicted molar refractivity (Wildman–Crippen MR) is 86.2 cm³/mol. The van der Waals surface area contributed by atoms with Crippen LogP contribution >= 0.6 is 15.9 Å². The Bertz CT molecular complexity index is 928. The second-order valence-electron chi connectivity index (χ2n) is 4.99. The van der Waals surface area contributed by atoms with Crippen molar-refractivity contribution in [2.24, 2.45) is 0 Å². The number of aromatic nitrogens is 2. The molecule has 0 aliphatic heterocycles. The van der Waals surface area contributed by atoms with Gasteiger partial charge < -0.3 is 4.40 Å². The average Bonchev–Trinajstić information content (AvgIpc) is 2.82. The molecule has 0 atom stereocenters. The highest BCUT2D eigenvalue weighted by molar-refractivity contribution is 9.10. The fourth-order valence-electron chi connectivity index (χ4n) is 2.24. The zero-order chi connectivity index (χ0) is 15.2. The minimum atomic E-state index is -3.17. The summed E-state index contributed by atoms with van der Waals surface area (Å²) < 4.78 is 25.9. The highest BCUT2D eigenvalue weighted by atomic mass is 79.9. The molecule has 0 radical (unpaired) electrons. The van der Waals surface area contributed by atoms with Gasteiger partial charge in [-0.05, 0) is 46.6 Å². The van der Waals surface area contributed by atoms with E-state index in [9.17, 15) is 8.42 Å². The molecule has 0 saturated heterocycles. The van der Waals surface area contributed by atoms with Crippen molar-refractivity contribution in [3.05, 3.63) is 52.8 Å². The SMILES string of the molecule is Cc1cc(Br)cn2cc(-c3ccc(S(C)(=O)=O)cc3)nc12. The summed E-state index contributed by atoms with van der Waals surface area (Å²) >= 11 is 3.46. The molecule has 108 valence electrons. The zero-order valence-corrected chi connectivity index (χ0v) is 13.9. The van der Waals surface area contributed by atoms with E-state index in [4.69, 9.17) is 0 Å². The van der Waals surface area contributed by atoms with Crippen molar-refractivity contribution >= 4 is 31.4 Å². The highest BCUT2D eigenvalue weighted by Gasteiger charge is 2.10. The van der Waals surface area contributed by atoms with Crippen LogP contribution in [0.4, 0.5) is 0 Å². The standard InChI is InChI=1S/C15H13BrN2O2S/c1-10-7-12(16)8-18-9-14(17-15(10)18)11-3-5-13(6-4-11)21(2,19)20/h3-9H,1-2H3. The van der Waals surface area contributed by atoms with E-state index in [-0.39, 0.29) is 0 Å². The number of hydrogen-bond donors (Lipinski definition) is 0. The van der Waals surface area contributed by atoms with Gasteiger partial charge in [0, 0.05) is 28.7 Å². The van der Waals surface area contributed by atoms with Crippen molar-refractivity contribution in [1.82, 2.24) is 9.38 Å². The van der Waals surface area contributed by atoms with Crippen molar-refractivity contribution in [3.63, 3.8) is 0 Å². The van der Waals surface area contributed by atoms with Gasteiger partial charge >= 0.3 is 0 Å². The van der Waals surface area contributed by atoms with Gasteiger partial charge in [-0.25, -0.2) is 13.4 Å². The molecule has 3 rings (SSSR count). The molecule has 4 nitrogen and oxygen atoms in total. The van der Waals surface area contributed by atoms with Gasteiger partial charge in [0.25, 0.3) is 0 Å². The summed E-state index contributed by atoms with van der Waals surface area (Å²) in [7, 11) is -3.17. The van der Waals surface area contributed by atoms with Gasteiger partial charge in [0.1, 0.15) is 5.65 Å². The summed E-state index contributed by atoms with van der Waals surface area (Å²) in [5.41, 5.74) is 3.67. The Morgan fingerprint density at radius 2 is 1.81 bits per heavy atom. The van der Waals surface area contributed by atoms with Crippen LogP contribution in [0.15, 0.2) is 52.1 Å². The van der Waals surface area contributed by atoms with E-state index in [1.54, 1.807) is 24.3 Å². The number of sulfone groups is 1. The zero-order valence-electron chi connectivity index (χ0n) is 11.5. The molecule has 0 aliphatic carbocycles. The lowest BCUT2D eigenvalue weighted by atomic mass is 10.2. The van der Waals surface area contributed by atoms with Crippen LogP contribution in [0.25, 0.3) is 16.9 Å². The summed E-state index contributed by atoms with van der Waals surface area (Å²) in [6.45, 7) is 2.00. The second-order valence-corrected chi connectivity index (χ2v) is 7.93. The van der Waals surface area contributed by atoms with Crippen molar-refractivity contribution in [2.75, 3.05) is 6.26 Å². The molecule has 0 spiro atoms. The molecular weight excluding hydrogens is 352 g/mol. The van der Waals surface area contributed by atoms with E-state index in [1.807, 2.05) is 29.8 Å². The summed E-state index contributed by atoms with van der Waals surface area (Å²) in [6, 6.07) is 8.79. The topological polar surface area (TPSA) is 51.4 Å². The third kappa shape index (κ3) is 2.73. The summed E-state index contributed by atoms with van der Waals surface area (Å²) in [6.07, 6.45) is 5.08. The average molecular weight is 365 g/mol. The number of benzene rings is 1. The third-order valence-corrected chi connectivity index (χ3v) is 4.84. The molecule has 6 heteroatoms. The second kappa shape index (κ2) is 4.96. The summed E-state index contributed by atoms with van der Waals surface area (Å²) in [4.78, 5) is 4.92. The van der Waals surface area contributed by atoms with Crippen LogP contribution in [0.5, 0.6) is 0 Å². The fraction of sp³-hybridized carbons (Fsp3) is 0.133. The molecule has 0 saturated carbocycles. The van der Waals surface area contributed by atoms with E-state index in [0.29, 0.717) is 4.90 Å². The van der Waals surface area contributed by atoms with Gasteiger partial charge in [-0.1, -0.05) is 12.1 Å². The largest absolute Gasteiger partial charge is 0.305 e. The number of halogens is 1. The first kappa shape index (κ1) is 14.3. The van der Waals surface area contributed by atoms with Crippen molar-refractivity contribution in [2.45, 2.75) is 11.8 Å². The van der Waals surface area contributed by atoms with Gasteiger partial charge in [0.2, 0.25) is 0 Å². The van der Waals surface area contributed by atoms with Crippen LogP contribution in [0.1, 0.15) is 5.56 Å². The lowest BCUT2D eigenvalue weighted by Gasteiger charge is -1.99. The lowest BCUT2D eigenvalue weighted by molar-refractivity contribution is 0.602. The van der Waals surface area contributed by atoms with Crippen LogP contribution in [0.2, 0.25) is 0 Å². The minimum Gasteiger partial charge on any atom is -0.305 e. The van der Waals surface area contributed by atoms with Crippen LogP contribution in [-0.4, -0.2) is 24.1 Å². The number of pyridine rings is 1. The first-order valence-corrected chi connectivity index (χ1v) is 8.98. The Morgan fingerprint density at radius 1 is 1.14 bits per heavy atom. The molecule has 21 heavy (non-hydrogen) atoms. The first-order chi connectivity index (χ1) is 9.84. The van der Waals surface area contributed by atoms with Gasteiger partial charge in [-0.3, -0.25) is 0 Å². The summed E-state index contributed by atoms with van der Waals surface area (Å²) in [5.74, 6) is 0. The van der Waals surface area contributed by atoms with E-state index in [0.717, 1.165) is 26.9 Å². The molecule has 0 unspecified atom stereocenters. The molecule has 3 aromatic rings. The number of nitrogens with zero attached hydrogens (tertiary/aromatic N) is 2. The third-order valence-electron chi connectivity index (χ3n) is 3.28. The molecule has 0 aliphatic rings. The number of fused-ring (bicyclic) bond motifs is 1. The smallest absolute Gasteiger partial charge is 0.175 e. The van der Waals surface area contributed by atoms with Crippen LogP contribution in [-0.2, 0) is 9.84 Å². The molecule has 2 aromatic heterocycles. The van der Waals surface area contributed by atoms with Crippen molar-refractivity contribution in [1.29, 1.82) is 0 Å². The van der Waals surface area contributed by atoms with Crippen molar-refractivity contribution in [3.8, 4) is 11.3 Å². The molecule has 0 fully saturated rings. The molecule has 0 N–H and O–H groups in total. The number of hydrogen-bond acceptors (Lipinski definition) is 3. The minimum absolute atomic E-state index is 0.314. The Kier molecular flexibility index (Phi) is 3.37. The Balaban J connectivity index is 2.10. The van der Waals surface area contributed by atoms with E-state index >= 15 is 0 Å². The molecule has 0 bridgehead atoms. The Hall–Kier alpha value is -1.66. The van der Waals surface area contributed by atoms with E-state index in [1.165, 1.54) is 6.26 Å². The highest BCUT2D eigenvalue weighted by Crippen LogP contribution is 2.24. The Labute approximate surface area is 131 Å². The maximum absolute atomic E-state index is 11.5. The van der Waals surface area contributed by atoms with Gasteiger partial charge in [0.15, 0.2) is 9.84 Å². The fourth-order valence-corrected chi connectivity index (χ4v) is 3.43. The monoisotopic (exact) mass is 364 g/mol. The van der Waals surface area contributed by atoms with Crippen LogP contribution < -0.4 is 0 Å². The predicted octanol–water partition coefficient (Wildman–Crippen LogP) is 3.48. The molecule has 1 aromatic carbocycles. The summed E-state index contributed by atoms with van der Waals surface area (Å²) in [5, 5.41) is 0. The van der Waals surface area contributed by atoms with Crippen molar-refractivity contribution < 1.29 is 8.42 Å². The molecule has 2 heterocycles. The normalized spacial score (nSPS) is 12.0. The van der Waals surface area contributed by atoms with E-state index in [2.05, 4.69) is 20.9 Å². The van der Waals surface area contributed by atoms with Gasteiger partial charge in [0.05, 0.1) is 10.6 Å². The van der Waals surface area contributed by atoms with Gasteiger partial charge in [-0.15, -0.1) is 0 Å². The maximum Gasteiger partial charge on any atom is 0.175 e. The molecule has 0 amide bonds. The van der Waals surface area contributed by atoms with Crippen LogP contribution in [0.3, 0.4) is 0 Å². The maximum atomic E-state index is 11.5. The quantitative estimate of drug-likeness (QED) is 0.699. The lowest BCUT2D eigenvalue weighted by Crippen LogP contribution is -1.96.